The molecule has 2 heterocycles. The molecule has 0 bridgehead atoms. The van der Waals surface area contributed by atoms with Gasteiger partial charge in [0.1, 0.15) is 0 Å². The number of rotatable bonds is 3. The Morgan fingerprint density at radius 2 is 1.61 bits per heavy atom. The van der Waals surface area contributed by atoms with E-state index in [9.17, 15) is 9.59 Å². The van der Waals surface area contributed by atoms with Crippen molar-refractivity contribution in [3.05, 3.63) is 77.9 Å². The predicted octanol–water partition coefficient (Wildman–Crippen LogP) is 5.05. The van der Waals surface area contributed by atoms with Crippen molar-refractivity contribution in [2.45, 2.75) is 30.2 Å². The lowest BCUT2D eigenvalue weighted by atomic mass is 9.93. The lowest BCUT2D eigenvalue weighted by Gasteiger charge is -2.33. The van der Waals surface area contributed by atoms with E-state index in [0.717, 1.165) is 28.5 Å². The third-order valence-corrected chi connectivity index (χ3v) is 7.57. The summed E-state index contributed by atoms with van der Waals surface area (Å²) in [5.74, 6) is 1.19. The van der Waals surface area contributed by atoms with Gasteiger partial charge in [0, 0.05) is 35.2 Å². The highest BCUT2D eigenvalue weighted by molar-refractivity contribution is 7.99. The molecule has 1 saturated heterocycles. The van der Waals surface area contributed by atoms with Crippen LogP contribution in [0.3, 0.4) is 0 Å². The number of piperidine rings is 1. The van der Waals surface area contributed by atoms with Gasteiger partial charge in [-0.05, 0) is 47.7 Å². The zero-order valence-corrected chi connectivity index (χ0v) is 18.2. The van der Waals surface area contributed by atoms with Gasteiger partial charge in [-0.15, -0.1) is 11.8 Å². The molecule has 0 spiro atoms. The van der Waals surface area contributed by atoms with Crippen molar-refractivity contribution in [2.75, 3.05) is 18.8 Å². The Morgan fingerprint density at radius 3 is 2.48 bits per heavy atom. The number of carbonyl (C=O) groups is 2. The van der Waals surface area contributed by atoms with Crippen LogP contribution in [0.15, 0.2) is 71.6 Å². The normalized spacial score (nSPS) is 19.1. The lowest BCUT2D eigenvalue weighted by Crippen LogP contribution is -2.44. The molecule has 2 aliphatic heterocycles. The first-order valence-electron chi connectivity index (χ1n) is 11.0. The Kier molecular flexibility index (Phi) is 5.68. The summed E-state index contributed by atoms with van der Waals surface area (Å²) in [5.41, 5.74) is 1.98. The number of benzene rings is 3. The molecule has 2 amide bonds. The van der Waals surface area contributed by atoms with Gasteiger partial charge in [0.2, 0.25) is 5.91 Å². The molecule has 3 aromatic carbocycles. The Bertz CT molecular complexity index is 1120. The van der Waals surface area contributed by atoms with Crippen LogP contribution >= 0.6 is 11.8 Å². The fraction of sp³-hybridized carbons (Fsp3) is 0.308. The van der Waals surface area contributed by atoms with E-state index in [1.807, 2.05) is 65.2 Å². The van der Waals surface area contributed by atoms with E-state index in [0.29, 0.717) is 25.9 Å². The van der Waals surface area contributed by atoms with Crippen LogP contribution in [0.2, 0.25) is 0 Å². The molecule has 0 saturated carbocycles. The van der Waals surface area contributed by atoms with E-state index in [-0.39, 0.29) is 23.8 Å². The van der Waals surface area contributed by atoms with E-state index in [1.54, 1.807) is 0 Å². The average Bonchev–Trinajstić information content (AvgIpc) is 2.83. The van der Waals surface area contributed by atoms with Gasteiger partial charge < -0.3 is 10.2 Å². The quantitative estimate of drug-likeness (QED) is 0.633. The number of carbonyl (C=O) groups excluding carboxylic acids is 2. The summed E-state index contributed by atoms with van der Waals surface area (Å²) < 4.78 is 0. The van der Waals surface area contributed by atoms with Gasteiger partial charge in [-0.2, -0.15) is 0 Å². The molecule has 2 aliphatic rings. The van der Waals surface area contributed by atoms with Gasteiger partial charge in [-0.3, -0.25) is 9.59 Å². The minimum Gasteiger partial charge on any atom is -0.349 e. The van der Waals surface area contributed by atoms with Crippen molar-refractivity contribution < 1.29 is 9.59 Å². The van der Waals surface area contributed by atoms with Gasteiger partial charge in [-0.1, -0.05) is 54.6 Å². The number of hydrogen-bond acceptors (Lipinski definition) is 3. The standard InChI is InChI=1S/C26H26N2O2S/c29-25(27-23-14-17-31-24-11-4-3-9-22(23)24)19-12-15-28(16-13-19)26(30)21-10-5-7-18-6-1-2-8-20(18)21/h1-11,19,23H,12-17H2,(H,27,29)/t23-/m1/s1. The number of nitrogens with zero attached hydrogens (tertiary/aromatic N) is 1. The second-order valence-electron chi connectivity index (χ2n) is 8.33. The maximum Gasteiger partial charge on any atom is 0.254 e. The number of nitrogens with one attached hydrogen (secondary N) is 1. The fourth-order valence-electron chi connectivity index (χ4n) is 4.71. The molecule has 4 nitrogen and oxygen atoms in total. The fourth-order valence-corrected chi connectivity index (χ4v) is 5.83. The van der Waals surface area contributed by atoms with Crippen molar-refractivity contribution >= 4 is 34.3 Å². The van der Waals surface area contributed by atoms with Gasteiger partial charge in [-0.25, -0.2) is 0 Å². The summed E-state index contributed by atoms with van der Waals surface area (Å²) in [6, 6.07) is 22.3. The number of amides is 2. The summed E-state index contributed by atoms with van der Waals surface area (Å²) >= 11 is 1.86. The van der Waals surface area contributed by atoms with Crippen molar-refractivity contribution in [1.82, 2.24) is 10.2 Å². The number of fused-ring (bicyclic) bond motifs is 2. The Balaban J connectivity index is 1.22. The minimum atomic E-state index is -0.0293. The van der Waals surface area contributed by atoms with E-state index in [1.165, 1.54) is 10.5 Å². The molecule has 1 fully saturated rings. The molecule has 0 aliphatic carbocycles. The zero-order chi connectivity index (χ0) is 21.2. The Labute approximate surface area is 187 Å². The highest BCUT2D eigenvalue weighted by Gasteiger charge is 2.30. The van der Waals surface area contributed by atoms with E-state index in [2.05, 4.69) is 23.5 Å². The van der Waals surface area contributed by atoms with Crippen LogP contribution in [0.5, 0.6) is 0 Å². The smallest absolute Gasteiger partial charge is 0.254 e. The van der Waals surface area contributed by atoms with E-state index in [4.69, 9.17) is 0 Å². The van der Waals surface area contributed by atoms with Crippen molar-refractivity contribution in [3.8, 4) is 0 Å². The Hall–Kier alpha value is -2.79. The molecule has 3 aromatic rings. The third-order valence-electron chi connectivity index (χ3n) is 6.45. The van der Waals surface area contributed by atoms with Crippen LogP contribution in [0.4, 0.5) is 0 Å². The molecule has 0 unspecified atom stereocenters. The summed E-state index contributed by atoms with van der Waals surface area (Å²) in [4.78, 5) is 29.3. The predicted molar refractivity (Wildman–Crippen MR) is 125 cm³/mol. The topological polar surface area (TPSA) is 49.4 Å². The van der Waals surface area contributed by atoms with Gasteiger partial charge in [0.25, 0.3) is 5.91 Å². The summed E-state index contributed by atoms with van der Waals surface area (Å²) in [7, 11) is 0. The molecule has 1 N–H and O–H groups in total. The maximum atomic E-state index is 13.2. The third kappa shape index (κ3) is 4.07. The number of likely N-dealkylation sites (tertiary alicyclic amines) is 1. The molecule has 0 aromatic heterocycles. The SMILES string of the molecule is O=C(N[C@@H]1CCSc2ccccc21)C1CCN(C(=O)c2cccc3ccccc23)CC1. The van der Waals surface area contributed by atoms with Gasteiger partial charge >= 0.3 is 0 Å². The van der Waals surface area contributed by atoms with Gasteiger partial charge in [0.15, 0.2) is 0 Å². The molecule has 1 atom stereocenters. The van der Waals surface area contributed by atoms with Crippen LogP contribution in [0, 0.1) is 5.92 Å². The van der Waals surface area contributed by atoms with E-state index < -0.39 is 0 Å². The monoisotopic (exact) mass is 430 g/mol. The second-order valence-corrected chi connectivity index (χ2v) is 9.47. The average molecular weight is 431 g/mol. The molecule has 0 radical (unpaired) electrons. The van der Waals surface area contributed by atoms with E-state index >= 15 is 0 Å². The molecule has 158 valence electrons. The minimum absolute atomic E-state index is 0.0293. The Morgan fingerprint density at radius 1 is 0.871 bits per heavy atom. The summed E-state index contributed by atoms with van der Waals surface area (Å²) in [5, 5.41) is 5.36. The lowest BCUT2D eigenvalue weighted by molar-refractivity contribution is -0.127. The number of hydrogen-bond donors (Lipinski definition) is 1. The summed E-state index contributed by atoms with van der Waals surface area (Å²) in [6.45, 7) is 1.24. The van der Waals surface area contributed by atoms with Crippen LogP contribution in [0.25, 0.3) is 10.8 Å². The first kappa shape index (κ1) is 20.1. The molecule has 5 heteroatoms. The van der Waals surface area contributed by atoms with Crippen LogP contribution < -0.4 is 5.32 Å². The van der Waals surface area contributed by atoms with Crippen LogP contribution in [-0.2, 0) is 4.79 Å². The molecule has 5 rings (SSSR count). The maximum absolute atomic E-state index is 13.2. The van der Waals surface area contributed by atoms with Crippen LogP contribution in [-0.4, -0.2) is 35.6 Å². The van der Waals surface area contributed by atoms with Crippen molar-refractivity contribution in [2.24, 2.45) is 5.92 Å². The molecule has 31 heavy (non-hydrogen) atoms. The highest BCUT2D eigenvalue weighted by atomic mass is 32.2. The number of thioether (sulfide) groups is 1. The first-order valence-corrected chi connectivity index (χ1v) is 12.0. The van der Waals surface area contributed by atoms with Crippen molar-refractivity contribution in [1.29, 1.82) is 0 Å². The molecular weight excluding hydrogens is 404 g/mol. The largest absolute Gasteiger partial charge is 0.349 e. The highest BCUT2D eigenvalue weighted by Crippen LogP contribution is 2.36. The van der Waals surface area contributed by atoms with Crippen LogP contribution in [0.1, 0.15) is 41.2 Å². The summed E-state index contributed by atoms with van der Waals surface area (Å²) in [6.07, 6.45) is 2.39. The van der Waals surface area contributed by atoms with Crippen molar-refractivity contribution in [3.63, 3.8) is 0 Å². The first-order chi connectivity index (χ1) is 15.2. The van der Waals surface area contributed by atoms with Gasteiger partial charge in [0.05, 0.1) is 6.04 Å². The molecular formula is C26H26N2O2S. The zero-order valence-electron chi connectivity index (χ0n) is 17.4. The second kappa shape index (κ2) is 8.75.